The predicted octanol–water partition coefficient (Wildman–Crippen LogP) is 2.90. The number of nitrogens with one attached hydrogen (secondary N) is 1. The van der Waals surface area contributed by atoms with Crippen LogP contribution in [0.3, 0.4) is 0 Å². The molecule has 2 rings (SSSR count). The Balaban J connectivity index is 0.00000220. The van der Waals surface area contributed by atoms with Crippen LogP contribution in [0, 0.1) is 0 Å². The van der Waals surface area contributed by atoms with Crippen LogP contribution in [0.5, 0.6) is 5.75 Å². The van der Waals surface area contributed by atoms with E-state index in [-0.39, 0.29) is 24.4 Å². The summed E-state index contributed by atoms with van der Waals surface area (Å²) in [6.07, 6.45) is 4.88. The van der Waals surface area contributed by atoms with Crippen molar-refractivity contribution in [3.8, 4) is 5.75 Å². The molecule has 1 aromatic carbocycles. The maximum absolute atomic E-state index is 12.2. The van der Waals surface area contributed by atoms with Gasteiger partial charge in [-0.3, -0.25) is 4.79 Å². The second-order valence-corrected chi connectivity index (χ2v) is 5.46. The van der Waals surface area contributed by atoms with E-state index in [1.54, 1.807) is 6.07 Å². The Morgan fingerprint density at radius 3 is 2.71 bits per heavy atom. The molecule has 0 saturated heterocycles. The Bertz CT molecular complexity index is 446. The summed E-state index contributed by atoms with van der Waals surface area (Å²) in [5.74, 6) is 0.734. The van der Waals surface area contributed by atoms with E-state index < -0.39 is 0 Å². The lowest BCUT2D eigenvalue weighted by molar-refractivity contribution is 0.0925. The number of hydrogen-bond acceptors (Lipinski definition) is 3. The largest absolute Gasteiger partial charge is 0.494 e. The second-order valence-electron chi connectivity index (χ2n) is 5.46. The lowest BCUT2D eigenvalue weighted by Gasteiger charge is -2.26. The zero-order chi connectivity index (χ0) is 14.4. The minimum atomic E-state index is -0.0209. The van der Waals surface area contributed by atoms with Crippen LogP contribution in [-0.4, -0.2) is 24.6 Å². The number of amides is 1. The van der Waals surface area contributed by atoms with E-state index in [1.165, 1.54) is 0 Å². The van der Waals surface area contributed by atoms with E-state index in [1.807, 2.05) is 18.2 Å². The minimum absolute atomic E-state index is 0. The van der Waals surface area contributed by atoms with E-state index in [4.69, 9.17) is 10.5 Å². The zero-order valence-corrected chi connectivity index (χ0v) is 13.3. The van der Waals surface area contributed by atoms with Crippen LogP contribution in [0.4, 0.5) is 0 Å². The number of hydrogen-bond donors (Lipinski definition) is 2. The molecule has 118 valence electrons. The van der Waals surface area contributed by atoms with Crippen LogP contribution in [0.25, 0.3) is 0 Å². The van der Waals surface area contributed by atoms with E-state index >= 15 is 0 Å². The molecule has 0 radical (unpaired) electrons. The number of benzene rings is 1. The highest BCUT2D eigenvalue weighted by molar-refractivity contribution is 5.94. The smallest absolute Gasteiger partial charge is 0.251 e. The van der Waals surface area contributed by atoms with Crippen molar-refractivity contribution in [3.05, 3.63) is 29.8 Å². The van der Waals surface area contributed by atoms with E-state index in [9.17, 15) is 4.79 Å². The molecule has 0 atom stereocenters. The van der Waals surface area contributed by atoms with Gasteiger partial charge in [-0.05, 0) is 50.3 Å². The number of carbonyl (C=O) groups is 1. The van der Waals surface area contributed by atoms with Crippen molar-refractivity contribution in [3.63, 3.8) is 0 Å². The fraction of sp³-hybridized carbons (Fsp3) is 0.562. The molecule has 1 aliphatic carbocycles. The Labute approximate surface area is 132 Å². The molecule has 5 heteroatoms. The van der Waals surface area contributed by atoms with Gasteiger partial charge in [0.1, 0.15) is 5.75 Å². The molecule has 1 saturated carbocycles. The van der Waals surface area contributed by atoms with Crippen LogP contribution < -0.4 is 15.8 Å². The van der Waals surface area contributed by atoms with Gasteiger partial charge in [0.2, 0.25) is 0 Å². The molecule has 0 unspecified atom stereocenters. The molecular weight excluding hydrogens is 288 g/mol. The topological polar surface area (TPSA) is 64.3 Å². The Morgan fingerprint density at radius 2 is 2.05 bits per heavy atom. The van der Waals surface area contributed by atoms with Gasteiger partial charge >= 0.3 is 0 Å². The molecule has 1 fully saturated rings. The number of halogens is 1. The van der Waals surface area contributed by atoms with Crippen LogP contribution in [0.2, 0.25) is 0 Å². The quantitative estimate of drug-likeness (QED) is 0.878. The van der Waals surface area contributed by atoms with Gasteiger partial charge in [-0.15, -0.1) is 12.4 Å². The molecule has 0 aliphatic heterocycles. The minimum Gasteiger partial charge on any atom is -0.494 e. The van der Waals surface area contributed by atoms with E-state index in [2.05, 4.69) is 12.2 Å². The molecule has 1 amide bonds. The van der Waals surface area contributed by atoms with Crippen molar-refractivity contribution < 1.29 is 9.53 Å². The highest BCUT2D eigenvalue weighted by Gasteiger charge is 2.20. The monoisotopic (exact) mass is 312 g/mol. The van der Waals surface area contributed by atoms with Gasteiger partial charge in [-0.25, -0.2) is 0 Å². The molecular formula is C16H25ClN2O2. The zero-order valence-electron chi connectivity index (χ0n) is 12.5. The standard InChI is InChI=1S/C16H24N2O2.ClH/c1-2-10-20-15-5-3-4-12(11-15)16(19)18-14-8-6-13(17)7-9-14;/h3-5,11,13-14H,2,6-10,17H2,1H3,(H,18,19);1H. The third-order valence-corrected chi connectivity index (χ3v) is 3.68. The number of carbonyl (C=O) groups excluding carboxylic acids is 1. The van der Waals surface area contributed by atoms with Crippen LogP contribution in [0.1, 0.15) is 49.4 Å². The number of ether oxygens (including phenoxy) is 1. The average molecular weight is 313 g/mol. The maximum atomic E-state index is 12.2. The Kier molecular flexibility index (Phi) is 7.54. The normalized spacial score (nSPS) is 21.2. The van der Waals surface area contributed by atoms with Crippen LogP contribution in [-0.2, 0) is 0 Å². The third-order valence-electron chi connectivity index (χ3n) is 3.68. The molecule has 0 aromatic heterocycles. The molecule has 0 spiro atoms. The summed E-state index contributed by atoms with van der Waals surface area (Å²) in [6, 6.07) is 7.92. The molecule has 0 bridgehead atoms. The lowest BCUT2D eigenvalue weighted by atomic mass is 9.91. The summed E-state index contributed by atoms with van der Waals surface area (Å²) in [5, 5.41) is 3.09. The van der Waals surface area contributed by atoms with Crippen LogP contribution >= 0.6 is 12.4 Å². The van der Waals surface area contributed by atoms with E-state index in [0.29, 0.717) is 18.2 Å². The SMILES string of the molecule is CCCOc1cccc(C(=O)NC2CCC(N)CC2)c1.Cl. The summed E-state index contributed by atoms with van der Waals surface area (Å²) >= 11 is 0. The van der Waals surface area contributed by atoms with Crippen molar-refractivity contribution >= 4 is 18.3 Å². The summed E-state index contributed by atoms with van der Waals surface area (Å²) < 4.78 is 5.55. The Morgan fingerprint density at radius 1 is 1.33 bits per heavy atom. The van der Waals surface area contributed by atoms with Crippen molar-refractivity contribution in [2.24, 2.45) is 5.73 Å². The summed E-state index contributed by atoms with van der Waals surface area (Å²) in [5.41, 5.74) is 6.54. The molecule has 0 heterocycles. The Hall–Kier alpha value is -1.26. The molecule has 1 aromatic rings. The van der Waals surface area contributed by atoms with Gasteiger partial charge < -0.3 is 15.8 Å². The van der Waals surface area contributed by atoms with Gasteiger partial charge in [0.05, 0.1) is 6.61 Å². The first-order chi connectivity index (χ1) is 9.69. The van der Waals surface area contributed by atoms with Gasteiger partial charge in [-0.2, -0.15) is 0 Å². The van der Waals surface area contributed by atoms with Gasteiger partial charge in [-0.1, -0.05) is 13.0 Å². The molecule has 21 heavy (non-hydrogen) atoms. The first kappa shape index (κ1) is 17.8. The van der Waals surface area contributed by atoms with Crippen molar-refractivity contribution in [1.29, 1.82) is 0 Å². The van der Waals surface area contributed by atoms with Crippen molar-refractivity contribution in [2.45, 2.75) is 51.1 Å². The number of rotatable bonds is 5. The van der Waals surface area contributed by atoms with Gasteiger partial charge in [0, 0.05) is 17.6 Å². The molecule has 1 aliphatic rings. The first-order valence-electron chi connectivity index (χ1n) is 7.48. The predicted molar refractivity (Wildman–Crippen MR) is 87.2 cm³/mol. The lowest BCUT2D eigenvalue weighted by Crippen LogP contribution is -2.40. The van der Waals surface area contributed by atoms with Crippen molar-refractivity contribution in [1.82, 2.24) is 5.32 Å². The summed E-state index contributed by atoms with van der Waals surface area (Å²) in [7, 11) is 0. The van der Waals surface area contributed by atoms with E-state index in [0.717, 1.165) is 37.9 Å². The third kappa shape index (κ3) is 5.56. The fourth-order valence-electron chi connectivity index (χ4n) is 2.48. The summed E-state index contributed by atoms with van der Waals surface area (Å²) in [4.78, 5) is 12.2. The first-order valence-corrected chi connectivity index (χ1v) is 7.48. The molecule has 3 N–H and O–H groups in total. The fourth-order valence-corrected chi connectivity index (χ4v) is 2.48. The highest BCUT2D eigenvalue weighted by Crippen LogP contribution is 2.18. The van der Waals surface area contributed by atoms with Gasteiger partial charge in [0.25, 0.3) is 5.91 Å². The van der Waals surface area contributed by atoms with Gasteiger partial charge in [0.15, 0.2) is 0 Å². The molecule has 4 nitrogen and oxygen atoms in total. The average Bonchev–Trinajstić information content (AvgIpc) is 2.48. The second kappa shape index (κ2) is 8.90. The van der Waals surface area contributed by atoms with Crippen molar-refractivity contribution in [2.75, 3.05) is 6.61 Å². The number of nitrogens with two attached hydrogens (primary N) is 1. The summed E-state index contributed by atoms with van der Waals surface area (Å²) in [6.45, 7) is 2.73. The maximum Gasteiger partial charge on any atom is 0.251 e. The van der Waals surface area contributed by atoms with Crippen LogP contribution in [0.15, 0.2) is 24.3 Å². The highest BCUT2D eigenvalue weighted by atomic mass is 35.5.